The van der Waals surface area contributed by atoms with Crippen molar-refractivity contribution < 1.29 is 37.7 Å². The summed E-state index contributed by atoms with van der Waals surface area (Å²) in [5.41, 5.74) is 3.23. The van der Waals surface area contributed by atoms with Crippen molar-refractivity contribution >= 4 is 18.0 Å². The van der Waals surface area contributed by atoms with Gasteiger partial charge in [-0.05, 0) is 79.5 Å². The van der Waals surface area contributed by atoms with Crippen molar-refractivity contribution in [2.24, 2.45) is 5.92 Å². The molecule has 0 heterocycles. The van der Waals surface area contributed by atoms with E-state index in [9.17, 15) is 27.9 Å². The van der Waals surface area contributed by atoms with Gasteiger partial charge in [-0.15, -0.1) is 0 Å². The van der Waals surface area contributed by atoms with E-state index in [-0.39, 0.29) is 30.1 Å². The average molecular weight is 541 g/mol. The number of alkyl halides is 3. The molecule has 39 heavy (non-hydrogen) atoms. The first-order valence-corrected chi connectivity index (χ1v) is 12.7. The number of aromatic carboxylic acids is 2. The highest BCUT2D eigenvalue weighted by Gasteiger charge is 2.25. The summed E-state index contributed by atoms with van der Waals surface area (Å²) in [5.74, 6) is -1.31. The molecular formula is C31H31F3O5. The zero-order valence-electron chi connectivity index (χ0n) is 21.4. The monoisotopic (exact) mass is 540 g/mol. The van der Waals surface area contributed by atoms with E-state index in [1.807, 2.05) is 24.3 Å². The zero-order valence-corrected chi connectivity index (χ0v) is 21.4. The van der Waals surface area contributed by atoms with Gasteiger partial charge in [-0.1, -0.05) is 54.6 Å². The molecule has 0 aliphatic heterocycles. The van der Waals surface area contributed by atoms with E-state index >= 15 is 0 Å². The van der Waals surface area contributed by atoms with Gasteiger partial charge < -0.3 is 14.9 Å². The largest absolute Gasteiger partial charge is 0.493 e. The molecule has 0 amide bonds. The molecule has 1 unspecified atom stereocenters. The smallest absolute Gasteiger partial charge is 0.389 e. The molecule has 0 spiro atoms. The Kier molecular flexibility index (Phi) is 10.7. The van der Waals surface area contributed by atoms with Gasteiger partial charge in [0.1, 0.15) is 5.75 Å². The molecule has 0 saturated heterocycles. The van der Waals surface area contributed by atoms with Crippen LogP contribution in [-0.4, -0.2) is 34.9 Å². The fourth-order valence-electron chi connectivity index (χ4n) is 4.12. The van der Waals surface area contributed by atoms with Gasteiger partial charge >= 0.3 is 18.1 Å². The quantitative estimate of drug-likeness (QED) is 0.205. The van der Waals surface area contributed by atoms with Crippen LogP contribution in [0.1, 0.15) is 63.1 Å². The van der Waals surface area contributed by atoms with Crippen molar-refractivity contribution in [1.82, 2.24) is 0 Å². The standard InChI is InChI=1S/C31H31F3O5/c32-31(33,34)19-3-4-20-39-28-6-2-1-5-25(28)14-11-23(21-24-12-17-27(18-13-24)30(37)38)8-7-22-9-15-26(16-10-22)29(35)36/h1-2,5-6,9-18,23H,3-4,7-8,19-21H2,(H,35,36)(H,37,38). The van der Waals surface area contributed by atoms with Gasteiger partial charge in [-0.25, -0.2) is 9.59 Å². The lowest BCUT2D eigenvalue weighted by Crippen LogP contribution is -2.08. The predicted molar refractivity (Wildman–Crippen MR) is 143 cm³/mol. The maximum absolute atomic E-state index is 12.4. The Balaban J connectivity index is 1.70. The maximum atomic E-state index is 12.4. The van der Waals surface area contributed by atoms with E-state index in [0.29, 0.717) is 25.0 Å². The van der Waals surface area contributed by atoms with Gasteiger partial charge in [-0.3, -0.25) is 0 Å². The topological polar surface area (TPSA) is 83.8 Å². The Morgan fingerprint density at radius 3 is 2.00 bits per heavy atom. The second-order valence-corrected chi connectivity index (χ2v) is 9.32. The first kappa shape index (κ1) is 29.5. The molecule has 0 aromatic heterocycles. The molecule has 0 aliphatic rings. The van der Waals surface area contributed by atoms with E-state index in [1.165, 1.54) is 0 Å². The Labute approximate surface area is 225 Å². The SMILES string of the molecule is O=C(O)c1ccc(CCC(C=Cc2ccccc2OCCCCC(F)(F)F)Cc2ccc(C(=O)O)cc2)cc1. The van der Waals surface area contributed by atoms with Crippen LogP contribution in [0.15, 0.2) is 78.9 Å². The highest BCUT2D eigenvalue weighted by molar-refractivity contribution is 5.88. The molecule has 3 aromatic carbocycles. The van der Waals surface area contributed by atoms with E-state index < -0.39 is 24.5 Å². The summed E-state index contributed by atoms with van der Waals surface area (Å²) in [6.45, 7) is 0.187. The van der Waals surface area contributed by atoms with Crippen LogP contribution >= 0.6 is 0 Å². The normalized spacial score (nSPS) is 12.4. The number of carboxylic acid groups (broad SMARTS) is 2. The fourth-order valence-corrected chi connectivity index (χ4v) is 4.12. The lowest BCUT2D eigenvalue weighted by Gasteiger charge is -2.15. The van der Waals surface area contributed by atoms with Gasteiger partial charge in [0.15, 0.2) is 0 Å². The number of aryl methyl sites for hydroxylation is 1. The number of rotatable bonds is 14. The molecule has 0 radical (unpaired) electrons. The van der Waals surface area contributed by atoms with Gasteiger partial charge in [0.25, 0.3) is 0 Å². The lowest BCUT2D eigenvalue weighted by atomic mass is 9.91. The van der Waals surface area contributed by atoms with Crippen LogP contribution in [0.3, 0.4) is 0 Å². The average Bonchev–Trinajstić information content (AvgIpc) is 2.90. The molecule has 0 bridgehead atoms. The highest BCUT2D eigenvalue weighted by atomic mass is 19.4. The van der Waals surface area contributed by atoms with Crippen LogP contribution in [0.5, 0.6) is 5.75 Å². The number of hydrogen-bond donors (Lipinski definition) is 2. The van der Waals surface area contributed by atoms with Gasteiger partial charge in [-0.2, -0.15) is 13.2 Å². The molecule has 206 valence electrons. The van der Waals surface area contributed by atoms with Crippen LogP contribution in [0.4, 0.5) is 13.2 Å². The molecule has 8 heteroatoms. The minimum absolute atomic E-state index is 0.0116. The van der Waals surface area contributed by atoms with E-state index in [1.54, 1.807) is 54.6 Å². The summed E-state index contributed by atoms with van der Waals surface area (Å²) in [6, 6.07) is 20.8. The summed E-state index contributed by atoms with van der Waals surface area (Å²) >= 11 is 0. The second kappa shape index (κ2) is 14.2. The van der Waals surface area contributed by atoms with Crippen molar-refractivity contribution in [2.75, 3.05) is 6.61 Å². The summed E-state index contributed by atoms with van der Waals surface area (Å²) in [5, 5.41) is 18.3. The summed E-state index contributed by atoms with van der Waals surface area (Å²) in [7, 11) is 0. The minimum atomic E-state index is -4.16. The third-order valence-corrected chi connectivity index (χ3v) is 6.28. The Bertz CT molecular complexity index is 1250. The molecule has 0 fully saturated rings. The molecule has 5 nitrogen and oxygen atoms in total. The van der Waals surface area contributed by atoms with Crippen molar-refractivity contribution in [3.63, 3.8) is 0 Å². The van der Waals surface area contributed by atoms with Crippen molar-refractivity contribution in [3.05, 3.63) is 107 Å². The van der Waals surface area contributed by atoms with E-state index in [0.717, 1.165) is 23.1 Å². The third-order valence-electron chi connectivity index (χ3n) is 6.28. The Morgan fingerprint density at radius 1 is 0.821 bits per heavy atom. The number of para-hydroxylation sites is 1. The number of ether oxygens (including phenoxy) is 1. The molecule has 0 saturated carbocycles. The van der Waals surface area contributed by atoms with Gasteiger partial charge in [0.05, 0.1) is 17.7 Å². The first-order chi connectivity index (χ1) is 18.6. The van der Waals surface area contributed by atoms with Gasteiger partial charge in [0.2, 0.25) is 0 Å². The molecular weight excluding hydrogens is 509 g/mol. The lowest BCUT2D eigenvalue weighted by molar-refractivity contribution is -0.135. The first-order valence-electron chi connectivity index (χ1n) is 12.7. The predicted octanol–water partition coefficient (Wildman–Crippen LogP) is 7.70. The number of carbonyl (C=O) groups is 2. The summed E-state index contributed by atoms with van der Waals surface area (Å²) in [4.78, 5) is 22.3. The zero-order chi connectivity index (χ0) is 28.3. The van der Waals surface area contributed by atoms with Crippen LogP contribution < -0.4 is 4.74 Å². The fraction of sp³-hybridized carbons (Fsp3) is 0.290. The number of carboxylic acids is 2. The molecule has 1 atom stereocenters. The Morgan fingerprint density at radius 2 is 1.41 bits per heavy atom. The van der Waals surface area contributed by atoms with Crippen molar-refractivity contribution in [2.45, 2.75) is 44.7 Å². The number of halogens is 3. The number of benzene rings is 3. The second-order valence-electron chi connectivity index (χ2n) is 9.32. The summed E-state index contributed by atoms with van der Waals surface area (Å²) < 4.78 is 42.9. The minimum Gasteiger partial charge on any atom is -0.493 e. The summed E-state index contributed by atoms with van der Waals surface area (Å²) in [6.07, 6.45) is 1.43. The molecule has 0 aliphatic carbocycles. The highest BCUT2D eigenvalue weighted by Crippen LogP contribution is 2.25. The van der Waals surface area contributed by atoms with E-state index in [4.69, 9.17) is 9.84 Å². The van der Waals surface area contributed by atoms with Crippen LogP contribution in [0.2, 0.25) is 0 Å². The molecule has 2 N–H and O–H groups in total. The van der Waals surface area contributed by atoms with Crippen molar-refractivity contribution in [3.8, 4) is 5.75 Å². The molecule has 3 aromatic rings. The van der Waals surface area contributed by atoms with Gasteiger partial charge in [0, 0.05) is 12.0 Å². The maximum Gasteiger partial charge on any atom is 0.389 e. The van der Waals surface area contributed by atoms with Crippen LogP contribution in [0, 0.1) is 5.92 Å². The Hall–Kier alpha value is -4.07. The van der Waals surface area contributed by atoms with Crippen LogP contribution in [0.25, 0.3) is 6.08 Å². The molecule has 3 rings (SSSR count). The third kappa shape index (κ3) is 10.3. The van der Waals surface area contributed by atoms with Crippen molar-refractivity contribution in [1.29, 1.82) is 0 Å². The number of unbranched alkanes of at least 4 members (excludes halogenated alkanes) is 1. The van der Waals surface area contributed by atoms with Crippen LogP contribution in [-0.2, 0) is 12.8 Å². The number of hydrogen-bond acceptors (Lipinski definition) is 3. The number of allylic oxidation sites excluding steroid dienone is 1. The van der Waals surface area contributed by atoms with E-state index in [2.05, 4.69) is 6.08 Å².